The fourth-order valence-corrected chi connectivity index (χ4v) is 7.16. The van der Waals surface area contributed by atoms with E-state index in [1.165, 1.54) is 26.9 Å². The van der Waals surface area contributed by atoms with Crippen molar-refractivity contribution in [3.63, 3.8) is 0 Å². The van der Waals surface area contributed by atoms with Crippen LogP contribution in [0.25, 0.3) is 0 Å². The Kier molecular flexibility index (Phi) is 3.46. The number of halogens is 1. The molecule has 5 unspecified atom stereocenters. The van der Waals surface area contributed by atoms with Crippen LogP contribution in [0.5, 0.6) is 0 Å². The molecule has 4 aliphatic rings. The molecule has 0 radical (unpaired) electrons. The largest absolute Gasteiger partial charge is 0.369 e. The predicted molar refractivity (Wildman–Crippen MR) is 118 cm³/mol. The van der Waals surface area contributed by atoms with E-state index in [0.717, 1.165) is 13.1 Å². The smallest absolute Gasteiger partial charge is 0.0894 e. The predicted octanol–water partition coefficient (Wildman–Crippen LogP) is 3.71. The van der Waals surface area contributed by atoms with E-state index in [1.54, 1.807) is 5.56 Å². The van der Waals surface area contributed by atoms with E-state index in [1.807, 2.05) is 0 Å². The molecule has 0 spiro atoms. The van der Waals surface area contributed by atoms with Gasteiger partial charge in [0.1, 0.15) is 0 Å². The summed E-state index contributed by atoms with van der Waals surface area (Å²) in [5.74, 6) is 1.15. The lowest BCUT2D eigenvalue weighted by atomic mass is 9.64. The van der Waals surface area contributed by atoms with Gasteiger partial charge in [0.2, 0.25) is 0 Å². The van der Waals surface area contributed by atoms with Crippen LogP contribution in [0.3, 0.4) is 0 Å². The summed E-state index contributed by atoms with van der Waals surface area (Å²) < 4.78 is 1.35. The molecule has 4 aliphatic heterocycles. The molecule has 4 nitrogen and oxygen atoms in total. The molecule has 5 heteroatoms. The van der Waals surface area contributed by atoms with Gasteiger partial charge in [0, 0.05) is 33.7 Å². The maximum absolute atomic E-state index is 3.93. The van der Waals surface area contributed by atoms with Gasteiger partial charge in [-0.05, 0) is 72.3 Å². The highest BCUT2D eigenvalue weighted by molar-refractivity contribution is 14.1. The minimum atomic E-state index is 0.179. The highest BCUT2D eigenvalue weighted by Gasteiger charge is 2.63. The highest BCUT2D eigenvalue weighted by atomic mass is 127. The summed E-state index contributed by atoms with van der Waals surface area (Å²) in [7, 11) is 4.58. The van der Waals surface area contributed by atoms with Gasteiger partial charge in [-0.3, -0.25) is 9.80 Å². The zero-order valence-corrected chi connectivity index (χ0v) is 17.9. The van der Waals surface area contributed by atoms with Crippen LogP contribution in [-0.2, 0) is 5.41 Å². The molecule has 27 heavy (non-hydrogen) atoms. The molecule has 0 aromatic heterocycles. The van der Waals surface area contributed by atoms with Gasteiger partial charge in [0.05, 0.1) is 18.0 Å². The molecule has 4 heterocycles. The first kappa shape index (κ1) is 16.6. The number of hydrogen-bond acceptors (Lipinski definition) is 4. The topological polar surface area (TPSA) is 30.5 Å². The van der Waals surface area contributed by atoms with E-state index in [2.05, 4.69) is 99.6 Å². The Balaban J connectivity index is 1.55. The summed E-state index contributed by atoms with van der Waals surface area (Å²) in [5.41, 5.74) is 5.95. The molecule has 0 aliphatic carbocycles. The number of likely N-dealkylation sites (tertiary alicyclic amines) is 2. The molecular formula is C22H25IN4. The van der Waals surface area contributed by atoms with Crippen LogP contribution in [0.4, 0.5) is 11.4 Å². The summed E-state index contributed by atoms with van der Waals surface area (Å²) in [6.07, 6.45) is 2.05. The standard InChI is InChI=1S/C22H25IN4/c1-26-11-10-22(14-7-5-8-16(23)19(14)25-21(22)26)15-12-27(2)20-18(15)13-6-3-4-9-17(13)24-20/h3-9,15,18,20-21,24-25H,10-12H2,1-2H3. The summed E-state index contributed by atoms with van der Waals surface area (Å²) >= 11 is 2.49. The molecule has 140 valence electrons. The van der Waals surface area contributed by atoms with Crippen LogP contribution in [0.1, 0.15) is 23.5 Å². The van der Waals surface area contributed by atoms with Gasteiger partial charge in [-0.25, -0.2) is 0 Å². The first-order valence-corrected chi connectivity index (χ1v) is 11.0. The molecule has 0 saturated carbocycles. The lowest BCUT2D eigenvalue weighted by molar-refractivity contribution is 0.203. The fraction of sp³-hybridized carbons (Fsp3) is 0.455. The van der Waals surface area contributed by atoms with Crippen molar-refractivity contribution in [2.24, 2.45) is 5.92 Å². The molecule has 2 fully saturated rings. The Morgan fingerprint density at radius 1 is 1.04 bits per heavy atom. The third kappa shape index (κ3) is 2.00. The van der Waals surface area contributed by atoms with Gasteiger partial charge in [0.15, 0.2) is 0 Å². The van der Waals surface area contributed by atoms with Crippen LogP contribution in [0, 0.1) is 9.49 Å². The highest BCUT2D eigenvalue weighted by Crippen LogP contribution is 2.61. The maximum atomic E-state index is 3.93. The van der Waals surface area contributed by atoms with Crippen molar-refractivity contribution in [3.8, 4) is 0 Å². The molecule has 6 rings (SSSR count). The third-order valence-corrected chi connectivity index (χ3v) is 8.52. The van der Waals surface area contributed by atoms with Crippen LogP contribution >= 0.6 is 22.6 Å². The summed E-state index contributed by atoms with van der Waals surface area (Å²) in [6.45, 7) is 2.31. The van der Waals surface area contributed by atoms with Gasteiger partial charge < -0.3 is 10.6 Å². The molecular weight excluding hydrogens is 447 g/mol. The second kappa shape index (κ2) is 5.61. The van der Waals surface area contributed by atoms with E-state index in [0.29, 0.717) is 24.2 Å². The van der Waals surface area contributed by atoms with Gasteiger partial charge in [0.25, 0.3) is 0 Å². The Morgan fingerprint density at radius 3 is 2.78 bits per heavy atom. The zero-order valence-electron chi connectivity index (χ0n) is 15.7. The van der Waals surface area contributed by atoms with Gasteiger partial charge >= 0.3 is 0 Å². The quantitative estimate of drug-likeness (QED) is 0.620. The maximum Gasteiger partial charge on any atom is 0.0894 e. The van der Waals surface area contributed by atoms with E-state index in [-0.39, 0.29) is 5.41 Å². The molecule has 2 N–H and O–H groups in total. The molecule has 0 amide bonds. The molecule has 2 aromatic carbocycles. The first-order valence-electron chi connectivity index (χ1n) is 9.93. The SMILES string of the molecule is CN1CC(C23CCN(C)C2Nc2c(I)cccc23)C2c3ccccc3NC21. The van der Waals surface area contributed by atoms with E-state index in [9.17, 15) is 0 Å². The van der Waals surface area contributed by atoms with Crippen LogP contribution in [0.2, 0.25) is 0 Å². The van der Waals surface area contributed by atoms with Crippen molar-refractivity contribution in [2.75, 3.05) is 37.8 Å². The second-order valence-corrected chi connectivity index (χ2v) is 9.89. The molecule has 2 aromatic rings. The number of fused-ring (bicyclic) bond motifs is 6. The normalized spacial score (nSPS) is 36.7. The summed E-state index contributed by atoms with van der Waals surface area (Å²) in [5, 5.41) is 7.74. The van der Waals surface area contributed by atoms with Crippen molar-refractivity contribution in [2.45, 2.75) is 30.1 Å². The second-order valence-electron chi connectivity index (χ2n) is 8.73. The Labute approximate surface area is 174 Å². The van der Waals surface area contributed by atoms with Crippen LogP contribution < -0.4 is 10.6 Å². The van der Waals surface area contributed by atoms with Crippen molar-refractivity contribution < 1.29 is 0 Å². The average Bonchev–Trinajstić information content (AvgIpc) is 3.37. The monoisotopic (exact) mass is 472 g/mol. The number of benzene rings is 2. The minimum Gasteiger partial charge on any atom is -0.369 e. The Morgan fingerprint density at radius 2 is 1.89 bits per heavy atom. The third-order valence-electron chi connectivity index (χ3n) is 7.62. The number of likely N-dealkylation sites (N-methyl/N-ethyl adjacent to an activating group) is 2. The Bertz CT molecular complexity index is 930. The molecule has 0 bridgehead atoms. The number of hydrogen-bond donors (Lipinski definition) is 2. The summed E-state index contributed by atoms with van der Waals surface area (Å²) in [4.78, 5) is 5.09. The van der Waals surface area contributed by atoms with E-state index >= 15 is 0 Å². The number of nitrogens with zero attached hydrogens (tertiary/aromatic N) is 2. The summed E-state index contributed by atoms with van der Waals surface area (Å²) in [6, 6.07) is 15.8. The van der Waals surface area contributed by atoms with Gasteiger partial charge in [-0.2, -0.15) is 0 Å². The van der Waals surface area contributed by atoms with Crippen LogP contribution in [0.15, 0.2) is 42.5 Å². The van der Waals surface area contributed by atoms with Gasteiger partial charge in [-0.1, -0.05) is 30.3 Å². The number of anilines is 2. The lowest BCUT2D eigenvalue weighted by Crippen LogP contribution is -2.48. The minimum absolute atomic E-state index is 0.179. The number of para-hydroxylation sites is 2. The van der Waals surface area contributed by atoms with Crippen LogP contribution in [-0.4, -0.2) is 49.3 Å². The molecule has 5 atom stereocenters. The van der Waals surface area contributed by atoms with Gasteiger partial charge in [-0.15, -0.1) is 0 Å². The number of nitrogens with one attached hydrogen (secondary N) is 2. The van der Waals surface area contributed by atoms with Crippen molar-refractivity contribution in [1.82, 2.24) is 9.80 Å². The van der Waals surface area contributed by atoms with Crippen molar-refractivity contribution in [3.05, 3.63) is 57.2 Å². The zero-order chi connectivity index (χ0) is 18.3. The Hall–Kier alpha value is -1.31. The molecule has 2 saturated heterocycles. The lowest BCUT2D eigenvalue weighted by Gasteiger charge is -2.39. The van der Waals surface area contributed by atoms with Crippen molar-refractivity contribution in [1.29, 1.82) is 0 Å². The first-order chi connectivity index (χ1) is 13.1. The fourth-order valence-electron chi connectivity index (χ4n) is 6.50. The van der Waals surface area contributed by atoms with Crippen molar-refractivity contribution >= 4 is 34.0 Å². The number of rotatable bonds is 1. The average molecular weight is 472 g/mol. The van der Waals surface area contributed by atoms with E-state index in [4.69, 9.17) is 0 Å². The van der Waals surface area contributed by atoms with E-state index < -0.39 is 0 Å².